The van der Waals surface area contributed by atoms with Gasteiger partial charge in [-0.3, -0.25) is 9.78 Å². The molecule has 1 aliphatic heterocycles. The lowest BCUT2D eigenvalue weighted by molar-refractivity contribution is 0.103. The van der Waals surface area contributed by atoms with Crippen LogP contribution in [0.1, 0.15) is 21.5 Å². The molecule has 0 bridgehead atoms. The van der Waals surface area contributed by atoms with Crippen molar-refractivity contribution in [2.75, 3.05) is 31.1 Å². The average molecular weight is 477 g/mol. The van der Waals surface area contributed by atoms with E-state index in [1.54, 1.807) is 24.4 Å². The molecule has 1 N–H and O–H groups in total. The smallest absolute Gasteiger partial charge is 0.197 e. The number of aromatic nitrogens is 2. The van der Waals surface area contributed by atoms with E-state index in [9.17, 15) is 9.18 Å². The van der Waals surface area contributed by atoms with Crippen LogP contribution in [0.3, 0.4) is 0 Å². The first-order chi connectivity index (χ1) is 16.6. The monoisotopic (exact) mass is 476 g/mol. The topological polar surface area (TPSA) is 67.4 Å². The van der Waals surface area contributed by atoms with E-state index in [1.165, 1.54) is 12.1 Å². The molecule has 0 atom stereocenters. The Kier molecular flexibility index (Phi) is 6.38. The number of hydrogen-bond donors (Lipinski definition) is 1. The van der Waals surface area contributed by atoms with Crippen molar-refractivity contribution in [3.05, 3.63) is 94.4 Å². The average Bonchev–Trinajstić information content (AvgIpc) is 2.88. The summed E-state index contributed by atoms with van der Waals surface area (Å²) in [4.78, 5) is 24.6. The zero-order valence-corrected chi connectivity index (χ0v) is 19.1. The second-order valence-electron chi connectivity index (χ2n) is 8.01. The standard InChI is InChI=1S/C26H22ClFN4O2/c27-25-22(34-16-17-4-2-1-3-5-17)9-7-19(28)24(25)26(33)18-6-8-20-21(14-18)31-23(15-30-20)32-12-10-29-11-13-32/h1-9,14-15,29H,10-13,16H2. The zero-order valence-electron chi connectivity index (χ0n) is 18.3. The van der Waals surface area contributed by atoms with Crippen molar-refractivity contribution in [1.29, 1.82) is 0 Å². The van der Waals surface area contributed by atoms with Crippen LogP contribution in [0.15, 0.2) is 66.9 Å². The highest BCUT2D eigenvalue weighted by Gasteiger charge is 2.22. The third-order valence-corrected chi connectivity index (χ3v) is 6.13. The largest absolute Gasteiger partial charge is 0.487 e. The van der Waals surface area contributed by atoms with Crippen LogP contribution in [0, 0.1) is 5.82 Å². The van der Waals surface area contributed by atoms with Crippen LogP contribution in [-0.2, 0) is 6.61 Å². The number of hydrogen-bond acceptors (Lipinski definition) is 6. The summed E-state index contributed by atoms with van der Waals surface area (Å²) in [5.74, 6) is -0.247. The molecule has 8 heteroatoms. The molecule has 6 nitrogen and oxygen atoms in total. The molecule has 0 aliphatic carbocycles. The van der Waals surface area contributed by atoms with Gasteiger partial charge in [-0.25, -0.2) is 9.37 Å². The van der Waals surface area contributed by atoms with Crippen molar-refractivity contribution in [2.45, 2.75) is 6.61 Å². The molecule has 34 heavy (non-hydrogen) atoms. The molecule has 1 fully saturated rings. The molecule has 3 aromatic carbocycles. The summed E-state index contributed by atoms with van der Waals surface area (Å²) >= 11 is 6.44. The van der Waals surface area contributed by atoms with Gasteiger partial charge in [0, 0.05) is 31.7 Å². The second kappa shape index (κ2) is 9.75. The number of piperazine rings is 1. The summed E-state index contributed by atoms with van der Waals surface area (Å²) in [5.41, 5.74) is 2.21. The predicted molar refractivity (Wildman–Crippen MR) is 130 cm³/mol. The molecule has 2 heterocycles. The molecule has 0 unspecified atom stereocenters. The summed E-state index contributed by atoms with van der Waals surface area (Å²) in [5, 5.41) is 3.25. The normalized spacial score (nSPS) is 13.8. The third kappa shape index (κ3) is 4.58. The number of nitrogens with zero attached hydrogens (tertiary/aromatic N) is 3. The van der Waals surface area contributed by atoms with Crippen LogP contribution >= 0.6 is 11.6 Å². The number of carbonyl (C=O) groups is 1. The maximum Gasteiger partial charge on any atom is 0.197 e. The van der Waals surface area contributed by atoms with E-state index in [2.05, 4.69) is 15.2 Å². The Morgan fingerprint density at radius 3 is 2.65 bits per heavy atom. The van der Waals surface area contributed by atoms with Gasteiger partial charge in [-0.2, -0.15) is 0 Å². The van der Waals surface area contributed by atoms with E-state index in [-0.39, 0.29) is 28.5 Å². The summed E-state index contributed by atoms with van der Waals surface area (Å²) in [6, 6.07) is 17.1. The van der Waals surface area contributed by atoms with Gasteiger partial charge in [-0.15, -0.1) is 0 Å². The van der Waals surface area contributed by atoms with Crippen molar-refractivity contribution in [3.8, 4) is 5.75 Å². The predicted octanol–water partition coefficient (Wildman–Crippen LogP) is 4.64. The molecule has 1 aromatic heterocycles. The maximum atomic E-state index is 14.7. The summed E-state index contributed by atoms with van der Waals surface area (Å²) in [6.07, 6.45) is 1.74. The number of carbonyl (C=O) groups excluding carboxylic acids is 1. The van der Waals surface area contributed by atoms with Crippen molar-refractivity contribution >= 4 is 34.2 Å². The maximum absolute atomic E-state index is 14.7. The minimum absolute atomic E-state index is 0.0540. The lowest BCUT2D eigenvalue weighted by atomic mass is 10.0. The zero-order chi connectivity index (χ0) is 23.5. The first-order valence-corrected chi connectivity index (χ1v) is 11.4. The Balaban J connectivity index is 1.44. The number of anilines is 1. The molecule has 5 rings (SSSR count). The van der Waals surface area contributed by atoms with Gasteiger partial charge in [0.1, 0.15) is 24.0 Å². The van der Waals surface area contributed by atoms with Gasteiger partial charge in [0.15, 0.2) is 5.78 Å². The summed E-state index contributed by atoms with van der Waals surface area (Å²) in [7, 11) is 0. The molecule has 172 valence electrons. The number of ether oxygens (including phenoxy) is 1. The Bertz CT molecular complexity index is 1340. The van der Waals surface area contributed by atoms with Crippen LogP contribution in [0.4, 0.5) is 10.2 Å². The SMILES string of the molecule is O=C(c1ccc2ncc(N3CCNCC3)nc2c1)c1c(F)ccc(OCc2ccccc2)c1Cl. The molecule has 0 amide bonds. The van der Waals surface area contributed by atoms with E-state index in [0.717, 1.165) is 37.6 Å². The third-order valence-electron chi connectivity index (χ3n) is 5.75. The van der Waals surface area contributed by atoms with Gasteiger partial charge in [-0.05, 0) is 35.9 Å². The molecular weight excluding hydrogens is 455 g/mol. The van der Waals surface area contributed by atoms with Crippen LogP contribution < -0.4 is 15.0 Å². The van der Waals surface area contributed by atoms with Gasteiger partial charge < -0.3 is 15.0 Å². The Labute approximate surface area is 201 Å². The number of benzene rings is 3. The van der Waals surface area contributed by atoms with Crippen molar-refractivity contribution in [2.24, 2.45) is 0 Å². The summed E-state index contributed by atoms with van der Waals surface area (Å²) < 4.78 is 20.5. The van der Waals surface area contributed by atoms with E-state index in [1.807, 2.05) is 30.3 Å². The Hall–Kier alpha value is -3.55. The van der Waals surface area contributed by atoms with E-state index in [4.69, 9.17) is 21.3 Å². The van der Waals surface area contributed by atoms with Crippen molar-refractivity contribution in [1.82, 2.24) is 15.3 Å². The highest BCUT2D eigenvalue weighted by Crippen LogP contribution is 2.33. The minimum Gasteiger partial charge on any atom is -0.487 e. The highest BCUT2D eigenvalue weighted by molar-refractivity contribution is 6.36. The molecule has 0 spiro atoms. The van der Waals surface area contributed by atoms with E-state index >= 15 is 0 Å². The lowest BCUT2D eigenvalue weighted by Gasteiger charge is -2.28. The number of ketones is 1. The molecular formula is C26H22ClFN4O2. The fourth-order valence-corrected chi connectivity index (χ4v) is 4.22. The molecule has 1 saturated heterocycles. The van der Waals surface area contributed by atoms with Gasteiger partial charge in [0.05, 0.1) is 27.8 Å². The van der Waals surface area contributed by atoms with Crippen LogP contribution in [0.25, 0.3) is 11.0 Å². The fourth-order valence-electron chi connectivity index (χ4n) is 3.92. The molecule has 4 aromatic rings. The summed E-state index contributed by atoms with van der Waals surface area (Å²) in [6.45, 7) is 3.66. The number of fused-ring (bicyclic) bond motifs is 1. The van der Waals surface area contributed by atoms with Gasteiger partial charge in [-0.1, -0.05) is 41.9 Å². The number of rotatable bonds is 6. The van der Waals surface area contributed by atoms with Crippen molar-refractivity contribution < 1.29 is 13.9 Å². The van der Waals surface area contributed by atoms with Crippen LogP contribution in [0.2, 0.25) is 5.02 Å². The molecule has 0 saturated carbocycles. The molecule has 0 radical (unpaired) electrons. The Morgan fingerprint density at radius 1 is 1.06 bits per heavy atom. The van der Waals surface area contributed by atoms with Gasteiger partial charge in [0.2, 0.25) is 0 Å². The van der Waals surface area contributed by atoms with Crippen LogP contribution in [-0.4, -0.2) is 41.9 Å². The number of nitrogens with one attached hydrogen (secondary N) is 1. The van der Waals surface area contributed by atoms with Gasteiger partial charge >= 0.3 is 0 Å². The van der Waals surface area contributed by atoms with E-state index < -0.39 is 11.6 Å². The Morgan fingerprint density at radius 2 is 1.85 bits per heavy atom. The fraction of sp³-hybridized carbons (Fsp3) is 0.192. The van der Waals surface area contributed by atoms with E-state index in [0.29, 0.717) is 11.0 Å². The first kappa shape index (κ1) is 22.3. The second-order valence-corrected chi connectivity index (χ2v) is 8.38. The number of halogens is 2. The van der Waals surface area contributed by atoms with Crippen molar-refractivity contribution in [3.63, 3.8) is 0 Å². The van der Waals surface area contributed by atoms with Crippen LogP contribution in [0.5, 0.6) is 5.75 Å². The lowest BCUT2D eigenvalue weighted by Crippen LogP contribution is -2.43. The quantitative estimate of drug-likeness (QED) is 0.409. The highest BCUT2D eigenvalue weighted by atomic mass is 35.5. The van der Waals surface area contributed by atoms with Gasteiger partial charge in [0.25, 0.3) is 0 Å². The minimum atomic E-state index is -0.706. The molecule has 1 aliphatic rings. The first-order valence-electron chi connectivity index (χ1n) is 11.0.